The van der Waals surface area contributed by atoms with Gasteiger partial charge in [-0.05, 0) is 12.2 Å². The van der Waals surface area contributed by atoms with E-state index in [-0.39, 0.29) is 4.91 Å². The second-order valence-corrected chi connectivity index (χ2v) is 8.63. The molecule has 1 rings (SSSR count). The number of hydrogen-bond donors (Lipinski definition) is 1. The quantitative estimate of drug-likeness (QED) is 0.766. The molecule has 0 amide bonds. The van der Waals surface area contributed by atoms with Crippen molar-refractivity contribution in [1.82, 2.24) is 0 Å². The minimum atomic E-state index is -4.29. The van der Waals surface area contributed by atoms with Crippen LogP contribution in [0.1, 0.15) is 6.92 Å². The van der Waals surface area contributed by atoms with E-state index in [1.807, 2.05) is 0 Å². The Morgan fingerprint density at radius 1 is 1.31 bits per heavy atom. The van der Waals surface area contributed by atoms with Gasteiger partial charge in [0.05, 0.1) is 4.91 Å². The molecule has 0 bridgehead atoms. The van der Waals surface area contributed by atoms with Crippen LogP contribution in [-0.2, 0) is 18.1 Å². The van der Waals surface area contributed by atoms with Gasteiger partial charge in [-0.15, -0.1) is 0 Å². The van der Waals surface area contributed by atoms with Crippen LogP contribution in [-0.4, -0.2) is 26.9 Å². The van der Waals surface area contributed by atoms with Crippen molar-refractivity contribution in [2.45, 2.75) is 11.9 Å². The second-order valence-electron chi connectivity index (χ2n) is 3.32. The molecule has 0 radical (unpaired) electrons. The van der Waals surface area contributed by atoms with E-state index in [1.165, 1.54) is 6.92 Å². The van der Waals surface area contributed by atoms with Gasteiger partial charge in [0.15, 0.2) is 0 Å². The molecule has 1 N–H and O–H groups in total. The molecule has 2 unspecified atom stereocenters. The average molecular weight is 307 g/mol. The van der Waals surface area contributed by atoms with E-state index in [2.05, 4.69) is 0 Å². The first-order chi connectivity index (χ1) is 6.98. The van der Waals surface area contributed by atoms with Crippen LogP contribution in [0.3, 0.4) is 0 Å². The van der Waals surface area contributed by atoms with Crippen molar-refractivity contribution in [3.8, 4) is 0 Å². The maximum absolute atomic E-state index is 11.1. The molecule has 0 aromatic carbocycles. The van der Waals surface area contributed by atoms with Crippen LogP contribution in [0.15, 0.2) is 23.1 Å². The molecule has 1 aliphatic rings. The molecule has 1 aliphatic carbocycles. The Bertz CT molecular complexity index is 560. The van der Waals surface area contributed by atoms with E-state index in [0.29, 0.717) is 0 Å². The van der Waals surface area contributed by atoms with Crippen molar-refractivity contribution < 1.29 is 21.9 Å². The Hall–Kier alpha value is -0.0800. The largest absolute Gasteiger partial charge is 0.370 e. The summed E-state index contributed by atoms with van der Waals surface area (Å²) in [6, 6.07) is 0. The SMILES string of the molecule is CC1C=C(S(=O)(=O)Cl)C=CC1(O)S(=O)(=O)Cl. The van der Waals surface area contributed by atoms with Crippen molar-refractivity contribution in [1.29, 1.82) is 0 Å². The van der Waals surface area contributed by atoms with Crippen molar-refractivity contribution in [3.63, 3.8) is 0 Å². The fourth-order valence-corrected chi connectivity index (χ4v) is 3.46. The van der Waals surface area contributed by atoms with E-state index in [1.54, 1.807) is 0 Å². The summed E-state index contributed by atoms with van der Waals surface area (Å²) in [6.07, 6.45) is 2.74. The number of allylic oxidation sites excluding steroid dienone is 1. The predicted octanol–water partition coefficient (Wildman–Crippen LogP) is 0.902. The van der Waals surface area contributed by atoms with E-state index in [4.69, 9.17) is 21.4 Å². The third-order valence-electron chi connectivity index (χ3n) is 2.23. The standard InChI is InChI=1S/C7H8Cl2O5S2/c1-5-4-6(15(8,11)12)2-3-7(5,10)16(9,13)14/h2-5,10H,1H3. The molecule has 0 aromatic rings. The minimum absolute atomic E-state index is 0.272. The molecule has 0 heterocycles. The molecule has 0 fully saturated rings. The van der Waals surface area contributed by atoms with Crippen molar-refractivity contribution in [2.75, 3.05) is 0 Å². The highest BCUT2D eigenvalue weighted by molar-refractivity contribution is 8.17. The van der Waals surface area contributed by atoms with Crippen LogP contribution in [0.25, 0.3) is 0 Å². The van der Waals surface area contributed by atoms with Gasteiger partial charge < -0.3 is 5.11 Å². The van der Waals surface area contributed by atoms with E-state index >= 15 is 0 Å². The van der Waals surface area contributed by atoms with Gasteiger partial charge in [0.1, 0.15) is 0 Å². The van der Waals surface area contributed by atoms with Gasteiger partial charge in [0.2, 0.25) is 4.93 Å². The number of hydrogen-bond acceptors (Lipinski definition) is 5. The van der Waals surface area contributed by atoms with Gasteiger partial charge in [-0.1, -0.05) is 13.0 Å². The molecule has 0 aliphatic heterocycles. The van der Waals surface area contributed by atoms with Crippen LogP contribution >= 0.6 is 21.4 Å². The fourth-order valence-electron chi connectivity index (χ4n) is 1.24. The van der Waals surface area contributed by atoms with Crippen LogP contribution in [0.4, 0.5) is 0 Å². The molecule has 9 heteroatoms. The summed E-state index contributed by atoms with van der Waals surface area (Å²) in [4.78, 5) is -2.59. The first-order valence-corrected chi connectivity index (χ1v) is 8.62. The molecular formula is C7H8Cl2O5S2. The molecule has 0 spiro atoms. The van der Waals surface area contributed by atoms with Crippen LogP contribution in [0.2, 0.25) is 0 Å². The zero-order chi connectivity index (χ0) is 12.8. The summed E-state index contributed by atoms with van der Waals surface area (Å²) in [7, 11) is 1.90. The maximum Gasteiger partial charge on any atom is 0.266 e. The normalized spacial score (nSPS) is 31.2. The van der Waals surface area contributed by atoms with Crippen molar-refractivity contribution in [3.05, 3.63) is 23.1 Å². The smallest absolute Gasteiger partial charge is 0.266 e. The maximum atomic E-state index is 11.1. The highest BCUT2D eigenvalue weighted by Crippen LogP contribution is 2.35. The lowest BCUT2D eigenvalue weighted by atomic mass is 9.99. The third-order valence-corrected chi connectivity index (χ3v) is 5.63. The molecule has 0 aromatic heterocycles. The van der Waals surface area contributed by atoms with Gasteiger partial charge in [-0.25, -0.2) is 16.8 Å². The predicted molar refractivity (Wildman–Crippen MR) is 60.9 cm³/mol. The lowest BCUT2D eigenvalue weighted by Gasteiger charge is -2.28. The van der Waals surface area contributed by atoms with E-state index < -0.39 is 29.0 Å². The Balaban J connectivity index is 3.28. The Morgan fingerprint density at radius 2 is 1.81 bits per heavy atom. The fraction of sp³-hybridized carbons (Fsp3) is 0.429. The van der Waals surface area contributed by atoms with Crippen LogP contribution in [0.5, 0.6) is 0 Å². The topological polar surface area (TPSA) is 88.5 Å². The zero-order valence-electron chi connectivity index (χ0n) is 7.96. The lowest BCUT2D eigenvalue weighted by Crippen LogP contribution is -2.40. The number of halogens is 2. The number of rotatable bonds is 2. The zero-order valence-corrected chi connectivity index (χ0v) is 11.1. The highest BCUT2D eigenvalue weighted by Gasteiger charge is 2.45. The molecule has 0 saturated heterocycles. The monoisotopic (exact) mass is 306 g/mol. The first kappa shape index (κ1) is 14.0. The van der Waals surface area contributed by atoms with E-state index in [0.717, 1.165) is 18.2 Å². The molecule has 16 heavy (non-hydrogen) atoms. The molecule has 2 atom stereocenters. The summed E-state index contributed by atoms with van der Waals surface area (Å²) in [5, 5.41) is 9.77. The van der Waals surface area contributed by atoms with Crippen LogP contribution < -0.4 is 0 Å². The lowest BCUT2D eigenvalue weighted by molar-refractivity contribution is 0.137. The Labute approximate surface area is 102 Å². The highest BCUT2D eigenvalue weighted by atomic mass is 35.7. The Morgan fingerprint density at radius 3 is 2.12 bits per heavy atom. The molecule has 92 valence electrons. The molecular weight excluding hydrogens is 299 g/mol. The van der Waals surface area contributed by atoms with E-state index in [9.17, 15) is 21.9 Å². The Kier molecular flexibility index (Phi) is 3.49. The van der Waals surface area contributed by atoms with Gasteiger partial charge in [0, 0.05) is 27.3 Å². The van der Waals surface area contributed by atoms with Crippen LogP contribution in [0, 0.1) is 5.92 Å². The molecule has 0 saturated carbocycles. The molecule has 5 nitrogen and oxygen atoms in total. The van der Waals surface area contributed by atoms with Gasteiger partial charge in [-0.2, -0.15) is 0 Å². The summed E-state index contributed by atoms with van der Waals surface area (Å²) >= 11 is 0. The summed E-state index contributed by atoms with van der Waals surface area (Å²) in [6.45, 7) is 1.31. The van der Waals surface area contributed by atoms with Gasteiger partial charge >= 0.3 is 0 Å². The summed E-state index contributed by atoms with van der Waals surface area (Å²) < 4.78 is 44.2. The summed E-state index contributed by atoms with van der Waals surface area (Å²) in [5.41, 5.74) is 0. The second kappa shape index (κ2) is 3.99. The van der Waals surface area contributed by atoms with Crippen molar-refractivity contribution in [2.24, 2.45) is 5.92 Å². The van der Waals surface area contributed by atoms with Crippen molar-refractivity contribution >= 4 is 39.5 Å². The first-order valence-electron chi connectivity index (χ1n) is 4.01. The van der Waals surface area contributed by atoms with Gasteiger partial charge in [-0.3, -0.25) is 0 Å². The third kappa shape index (κ3) is 2.43. The van der Waals surface area contributed by atoms with Gasteiger partial charge in [0.25, 0.3) is 18.1 Å². The number of aliphatic hydroxyl groups is 1. The average Bonchev–Trinajstić information content (AvgIpc) is 2.05. The minimum Gasteiger partial charge on any atom is -0.370 e. The summed E-state index contributed by atoms with van der Waals surface area (Å²) in [5.74, 6) is -1.02.